The molecule has 0 saturated heterocycles. The standard InChI is InChI=1S/C8H15NO2.C8H8.C5H8/c1-6(2)7(3)8(10)11-5-4-9;1-2-8-6-4-3-5-7-8;1-4-5(2)3/h4-5,9H2,1-3H3;2-7H,1H2;4H,1-2H2,3H3. The zero-order valence-corrected chi connectivity index (χ0v) is 15.5. The van der Waals surface area contributed by atoms with E-state index >= 15 is 0 Å². The van der Waals surface area contributed by atoms with Crippen LogP contribution in [0.5, 0.6) is 0 Å². The molecule has 0 saturated carbocycles. The van der Waals surface area contributed by atoms with E-state index in [9.17, 15) is 4.79 Å². The average Bonchev–Trinajstić information content (AvgIpc) is 2.60. The largest absolute Gasteiger partial charge is 0.461 e. The summed E-state index contributed by atoms with van der Waals surface area (Å²) < 4.78 is 4.79. The number of ether oxygens (including phenoxy) is 1. The van der Waals surface area contributed by atoms with Gasteiger partial charge in [-0.15, -0.1) is 0 Å². The maximum atomic E-state index is 11.0. The Morgan fingerprint density at radius 3 is 1.92 bits per heavy atom. The Labute approximate surface area is 147 Å². The summed E-state index contributed by atoms with van der Waals surface area (Å²) in [5, 5.41) is 0. The Morgan fingerprint density at radius 1 is 1.12 bits per heavy atom. The van der Waals surface area contributed by atoms with Gasteiger partial charge in [0.2, 0.25) is 0 Å². The van der Waals surface area contributed by atoms with Gasteiger partial charge in [0.1, 0.15) is 6.61 Å². The first-order valence-electron chi connectivity index (χ1n) is 7.76. The van der Waals surface area contributed by atoms with Gasteiger partial charge in [-0.1, -0.05) is 73.4 Å². The molecule has 0 aromatic heterocycles. The number of hydrogen-bond acceptors (Lipinski definition) is 3. The lowest BCUT2D eigenvalue weighted by atomic mass is 10.2. The minimum atomic E-state index is -0.268. The van der Waals surface area contributed by atoms with Crippen LogP contribution in [0.3, 0.4) is 0 Å². The van der Waals surface area contributed by atoms with Crippen molar-refractivity contribution in [3.8, 4) is 0 Å². The van der Waals surface area contributed by atoms with E-state index in [4.69, 9.17) is 10.5 Å². The third-order valence-corrected chi connectivity index (χ3v) is 2.79. The highest BCUT2D eigenvalue weighted by Crippen LogP contribution is 2.03. The van der Waals surface area contributed by atoms with Crippen molar-refractivity contribution >= 4 is 12.0 Å². The lowest BCUT2D eigenvalue weighted by molar-refractivity contribution is -0.138. The van der Waals surface area contributed by atoms with Crippen LogP contribution in [-0.2, 0) is 9.53 Å². The molecule has 0 spiro atoms. The van der Waals surface area contributed by atoms with E-state index in [-0.39, 0.29) is 5.97 Å². The molecule has 2 N–H and O–H groups in total. The van der Waals surface area contributed by atoms with Crippen molar-refractivity contribution in [2.45, 2.75) is 27.7 Å². The van der Waals surface area contributed by atoms with Crippen LogP contribution in [0.2, 0.25) is 0 Å². The number of carbonyl (C=O) groups excluding carboxylic acids is 1. The molecule has 0 aliphatic carbocycles. The minimum absolute atomic E-state index is 0.268. The van der Waals surface area contributed by atoms with Crippen molar-refractivity contribution in [2.75, 3.05) is 13.2 Å². The van der Waals surface area contributed by atoms with Gasteiger partial charge < -0.3 is 10.5 Å². The van der Waals surface area contributed by atoms with Crippen molar-refractivity contribution < 1.29 is 9.53 Å². The van der Waals surface area contributed by atoms with Gasteiger partial charge in [-0.2, -0.15) is 0 Å². The van der Waals surface area contributed by atoms with E-state index in [0.29, 0.717) is 18.7 Å². The molecule has 1 aromatic carbocycles. The molecule has 0 radical (unpaired) electrons. The molecule has 1 aromatic rings. The van der Waals surface area contributed by atoms with Crippen molar-refractivity contribution in [1.82, 2.24) is 0 Å². The molecule has 24 heavy (non-hydrogen) atoms. The summed E-state index contributed by atoms with van der Waals surface area (Å²) >= 11 is 0. The maximum absolute atomic E-state index is 11.0. The van der Waals surface area contributed by atoms with E-state index in [1.807, 2.05) is 57.2 Å². The number of rotatable bonds is 5. The fraction of sp³-hybridized carbons (Fsp3) is 0.286. The van der Waals surface area contributed by atoms with E-state index in [2.05, 4.69) is 19.7 Å². The van der Waals surface area contributed by atoms with Crippen molar-refractivity contribution in [1.29, 1.82) is 0 Å². The fourth-order valence-corrected chi connectivity index (χ4v) is 1.05. The van der Waals surface area contributed by atoms with Crippen LogP contribution in [0.4, 0.5) is 0 Å². The van der Waals surface area contributed by atoms with Gasteiger partial charge in [0.25, 0.3) is 0 Å². The summed E-state index contributed by atoms with van der Waals surface area (Å²) in [7, 11) is 0. The summed E-state index contributed by atoms with van der Waals surface area (Å²) in [4.78, 5) is 11.0. The van der Waals surface area contributed by atoms with E-state index in [1.165, 1.54) is 5.56 Å². The second-order valence-corrected chi connectivity index (χ2v) is 5.21. The fourth-order valence-electron chi connectivity index (χ4n) is 1.05. The first-order valence-corrected chi connectivity index (χ1v) is 7.76. The SMILES string of the molecule is C=CC(=C)C.C=Cc1ccccc1.CC(C)=C(C)C(=O)OCCN. The molecular weight excluding hydrogens is 298 g/mol. The Hall–Kier alpha value is -2.39. The van der Waals surface area contributed by atoms with Gasteiger partial charge in [-0.25, -0.2) is 4.79 Å². The van der Waals surface area contributed by atoms with Crippen molar-refractivity contribution in [2.24, 2.45) is 5.73 Å². The van der Waals surface area contributed by atoms with Gasteiger partial charge in [0.15, 0.2) is 0 Å². The van der Waals surface area contributed by atoms with Gasteiger partial charge >= 0.3 is 5.97 Å². The first-order chi connectivity index (χ1) is 11.3. The Morgan fingerprint density at radius 2 is 1.62 bits per heavy atom. The minimum Gasteiger partial charge on any atom is -0.461 e. The monoisotopic (exact) mass is 329 g/mol. The van der Waals surface area contributed by atoms with Crippen LogP contribution >= 0.6 is 0 Å². The zero-order valence-electron chi connectivity index (χ0n) is 15.5. The van der Waals surface area contributed by atoms with E-state index in [0.717, 1.165) is 11.1 Å². The predicted octanol–water partition coefficient (Wildman–Crippen LogP) is 4.92. The van der Waals surface area contributed by atoms with E-state index in [1.54, 1.807) is 13.0 Å². The van der Waals surface area contributed by atoms with Gasteiger partial charge in [0, 0.05) is 12.1 Å². The average molecular weight is 329 g/mol. The number of hydrogen-bond donors (Lipinski definition) is 1. The summed E-state index contributed by atoms with van der Waals surface area (Å²) in [6.45, 7) is 18.7. The van der Waals surface area contributed by atoms with Crippen molar-refractivity contribution in [3.05, 3.63) is 78.4 Å². The van der Waals surface area contributed by atoms with Crippen LogP contribution in [0.1, 0.15) is 33.3 Å². The molecule has 132 valence electrons. The number of esters is 1. The summed E-state index contributed by atoms with van der Waals surface area (Å²) in [6, 6.07) is 10.0. The van der Waals surface area contributed by atoms with E-state index < -0.39 is 0 Å². The quantitative estimate of drug-likeness (QED) is 0.474. The normalized spacial score (nSPS) is 8.38. The third-order valence-electron chi connectivity index (χ3n) is 2.79. The molecule has 0 amide bonds. The Bertz CT molecular complexity index is 538. The topological polar surface area (TPSA) is 52.3 Å². The molecule has 1 rings (SSSR count). The number of allylic oxidation sites excluding steroid dienone is 3. The lowest BCUT2D eigenvalue weighted by Gasteiger charge is -2.03. The molecular formula is C21H31NO2. The molecule has 3 nitrogen and oxygen atoms in total. The molecule has 0 aliphatic rings. The molecule has 0 atom stereocenters. The summed E-state index contributed by atoms with van der Waals surface area (Å²) in [5.74, 6) is -0.268. The molecule has 0 unspecified atom stereocenters. The van der Waals surface area contributed by atoms with Gasteiger partial charge in [0.05, 0.1) is 0 Å². The summed E-state index contributed by atoms with van der Waals surface area (Å²) in [5.41, 5.74) is 9.00. The Balaban J connectivity index is 0. The highest BCUT2D eigenvalue weighted by Gasteiger charge is 2.05. The van der Waals surface area contributed by atoms with Gasteiger partial charge in [-0.05, 0) is 33.3 Å². The van der Waals surface area contributed by atoms with Crippen LogP contribution in [-0.4, -0.2) is 19.1 Å². The zero-order chi connectivity index (χ0) is 19.0. The second-order valence-electron chi connectivity index (χ2n) is 5.21. The van der Waals surface area contributed by atoms with Crippen LogP contribution in [0.15, 0.2) is 72.9 Å². The number of benzene rings is 1. The third kappa shape index (κ3) is 14.5. The highest BCUT2D eigenvalue weighted by molar-refractivity contribution is 5.88. The Kier molecular flexibility index (Phi) is 15.4. The van der Waals surface area contributed by atoms with Gasteiger partial charge in [-0.3, -0.25) is 0 Å². The van der Waals surface area contributed by atoms with Crippen LogP contribution in [0, 0.1) is 0 Å². The predicted molar refractivity (Wildman–Crippen MR) is 106 cm³/mol. The van der Waals surface area contributed by atoms with Crippen LogP contribution < -0.4 is 5.73 Å². The maximum Gasteiger partial charge on any atom is 0.333 e. The first kappa shape index (κ1) is 23.9. The molecule has 0 heterocycles. The smallest absolute Gasteiger partial charge is 0.333 e. The molecule has 0 aliphatic heterocycles. The molecule has 0 fully saturated rings. The molecule has 3 heteroatoms. The second kappa shape index (κ2) is 15.5. The lowest BCUT2D eigenvalue weighted by Crippen LogP contribution is -2.14. The van der Waals surface area contributed by atoms with Crippen LogP contribution in [0.25, 0.3) is 6.08 Å². The number of carbonyl (C=O) groups is 1. The number of nitrogens with two attached hydrogens (primary N) is 1. The highest BCUT2D eigenvalue weighted by atomic mass is 16.5. The summed E-state index contributed by atoms with van der Waals surface area (Å²) in [6.07, 6.45) is 3.56. The van der Waals surface area contributed by atoms with Crippen molar-refractivity contribution in [3.63, 3.8) is 0 Å². The molecule has 0 bridgehead atoms.